The summed E-state index contributed by atoms with van der Waals surface area (Å²) in [5, 5.41) is 20.8. The molecule has 9 heteroatoms. The van der Waals surface area contributed by atoms with Crippen LogP contribution in [0, 0.1) is 0 Å². The Labute approximate surface area is 187 Å². The molecular formula is C23H20ClN3O5. The Morgan fingerprint density at radius 1 is 1.00 bits per heavy atom. The Balaban J connectivity index is 1.93. The molecule has 1 atom stereocenters. The van der Waals surface area contributed by atoms with Gasteiger partial charge in [0, 0.05) is 25.7 Å². The van der Waals surface area contributed by atoms with Crippen molar-refractivity contribution in [2.75, 3.05) is 6.61 Å². The first-order valence-corrected chi connectivity index (χ1v) is 10.4. The molecule has 2 aromatic heterocycles. The Morgan fingerprint density at radius 2 is 1.72 bits per heavy atom. The number of phenolic OH excluding ortho intramolecular Hbond substituents is 2. The molecule has 4 aromatic rings. The van der Waals surface area contributed by atoms with Crippen LogP contribution in [-0.4, -0.2) is 30.5 Å². The van der Waals surface area contributed by atoms with E-state index in [0.29, 0.717) is 46.0 Å². The van der Waals surface area contributed by atoms with E-state index < -0.39 is 17.4 Å². The Morgan fingerprint density at radius 3 is 2.41 bits per heavy atom. The predicted octanol–water partition coefficient (Wildman–Crippen LogP) is 2.89. The van der Waals surface area contributed by atoms with E-state index in [1.54, 1.807) is 25.2 Å². The van der Waals surface area contributed by atoms with E-state index in [1.807, 2.05) is 16.7 Å². The van der Waals surface area contributed by atoms with Gasteiger partial charge in [0.1, 0.15) is 6.10 Å². The number of nitrogens with zero attached hydrogens (tertiary/aromatic N) is 3. The summed E-state index contributed by atoms with van der Waals surface area (Å²) in [5.41, 5.74) is 2.32. The maximum Gasteiger partial charge on any atom is 0.331 e. The number of halogens is 1. The standard InChI is InChI=1S/C23H20ClN3O5/c1-25-19-17(22(30)26(2)23(25)31)18(12-3-6-14(24)7-4-12)27-9-10-32-21(20(19)27)13-5-8-15(28)16(29)11-13/h3-8,11,21,28-29H,9-10H2,1-2H3/t21-/m0/s1. The van der Waals surface area contributed by atoms with Gasteiger partial charge in [0.05, 0.1) is 28.9 Å². The van der Waals surface area contributed by atoms with Crippen LogP contribution in [-0.2, 0) is 25.4 Å². The zero-order valence-electron chi connectivity index (χ0n) is 17.4. The molecule has 0 aliphatic carbocycles. The summed E-state index contributed by atoms with van der Waals surface area (Å²) >= 11 is 6.09. The number of aryl methyl sites for hydroxylation is 1. The Bertz CT molecular complexity index is 1500. The minimum Gasteiger partial charge on any atom is -0.504 e. The highest BCUT2D eigenvalue weighted by Crippen LogP contribution is 2.42. The van der Waals surface area contributed by atoms with Gasteiger partial charge in [0.2, 0.25) is 0 Å². The van der Waals surface area contributed by atoms with Crippen molar-refractivity contribution >= 4 is 22.5 Å². The molecule has 0 fully saturated rings. The van der Waals surface area contributed by atoms with Crippen molar-refractivity contribution in [3.63, 3.8) is 0 Å². The molecule has 2 aromatic carbocycles. The fraction of sp³-hybridized carbons (Fsp3) is 0.217. The van der Waals surface area contributed by atoms with Crippen LogP contribution in [0.15, 0.2) is 52.1 Å². The fourth-order valence-electron chi connectivity index (χ4n) is 4.45. The number of phenols is 2. The van der Waals surface area contributed by atoms with Crippen molar-refractivity contribution in [3.8, 4) is 22.8 Å². The van der Waals surface area contributed by atoms with Crippen LogP contribution in [0.4, 0.5) is 0 Å². The molecule has 2 N–H and O–H groups in total. The number of hydrogen-bond acceptors (Lipinski definition) is 5. The van der Waals surface area contributed by atoms with Crippen LogP contribution in [0.1, 0.15) is 17.4 Å². The molecule has 0 bridgehead atoms. The highest BCUT2D eigenvalue weighted by Gasteiger charge is 2.33. The number of hydrogen-bond donors (Lipinski definition) is 2. The van der Waals surface area contributed by atoms with Crippen LogP contribution < -0.4 is 11.2 Å². The molecule has 0 radical (unpaired) electrons. The molecule has 0 saturated heterocycles. The van der Waals surface area contributed by atoms with Crippen molar-refractivity contribution in [2.45, 2.75) is 12.6 Å². The molecule has 5 rings (SSSR count). The zero-order valence-corrected chi connectivity index (χ0v) is 18.1. The lowest BCUT2D eigenvalue weighted by Gasteiger charge is -2.28. The molecule has 0 unspecified atom stereocenters. The van der Waals surface area contributed by atoms with E-state index in [2.05, 4.69) is 0 Å². The van der Waals surface area contributed by atoms with Crippen LogP contribution >= 0.6 is 11.6 Å². The van der Waals surface area contributed by atoms with E-state index in [4.69, 9.17) is 16.3 Å². The van der Waals surface area contributed by atoms with Crippen molar-refractivity contribution in [3.05, 3.63) is 79.6 Å². The molecule has 164 valence electrons. The van der Waals surface area contributed by atoms with Gasteiger partial charge in [-0.25, -0.2) is 4.79 Å². The summed E-state index contributed by atoms with van der Waals surface area (Å²) < 4.78 is 10.6. The zero-order chi connectivity index (χ0) is 22.7. The minimum atomic E-state index is -0.656. The van der Waals surface area contributed by atoms with E-state index in [1.165, 1.54) is 23.7 Å². The first-order chi connectivity index (χ1) is 15.3. The van der Waals surface area contributed by atoms with Gasteiger partial charge in [-0.05, 0) is 35.4 Å². The molecule has 1 aliphatic rings. The van der Waals surface area contributed by atoms with Crippen LogP contribution in [0.5, 0.6) is 11.5 Å². The highest BCUT2D eigenvalue weighted by molar-refractivity contribution is 6.30. The summed E-state index contributed by atoms with van der Waals surface area (Å²) in [4.78, 5) is 26.1. The van der Waals surface area contributed by atoms with Gasteiger partial charge in [0.25, 0.3) is 5.56 Å². The number of benzene rings is 2. The minimum absolute atomic E-state index is 0.243. The summed E-state index contributed by atoms with van der Waals surface area (Å²) in [7, 11) is 3.08. The maximum absolute atomic E-state index is 13.3. The third kappa shape index (κ3) is 2.87. The molecule has 8 nitrogen and oxygen atoms in total. The number of rotatable bonds is 2. The normalized spacial score (nSPS) is 15.8. The predicted molar refractivity (Wildman–Crippen MR) is 120 cm³/mol. The number of aromatic nitrogens is 3. The molecular weight excluding hydrogens is 434 g/mol. The van der Waals surface area contributed by atoms with Crippen molar-refractivity contribution in [1.82, 2.24) is 13.7 Å². The van der Waals surface area contributed by atoms with E-state index in [0.717, 1.165) is 10.1 Å². The van der Waals surface area contributed by atoms with Crippen molar-refractivity contribution in [1.29, 1.82) is 0 Å². The summed E-state index contributed by atoms with van der Waals surface area (Å²) in [5.74, 6) is -0.519. The second kappa shape index (κ2) is 7.29. The average molecular weight is 454 g/mol. The average Bonchev–Trinajstić information content (AvgIpc) is 3.14. The number of fused-ring (bicyclic) bond motifs is 3. The van der Waals surface area contributed by atoms with Crippen LogP contribution in [0.25, 0.3) is 22.2 Å². The van der Waals surface area contributed by atoms with Gasteiger partial charge in [-0.1, -0.05) is 29.8 Å². The SMILES string of the molecule is Cn1c(=O)c2c(-c3ccc(Cl)cc3)n3c(c2n(C)c1=O)[C@H](c1ccc(O)c(O)c1)OCC3. The first kappa shape index (κ1) is 20.4. The van der Waals surface area contributed by atoms with Gasteiger partial charge in [-0.15, -0.1) is 0 Å². The second-order valence-electron chi connectivity index (χ2n) is 7.82. The van der Waals surface area contributed by atoms with Crippen LogP contribution in [0.3, 0.4) is 0 Å². The van der Waals surface area contributed by atoms with E-state index in [-0.39, 0.29) is 11.5 Å². The molecule has 0 amide bonds. The lowest BCUT2D eigenvalue weighted by Crippen LogP contribution is -2.37. The maximum atomic E-state index is 13.3. The molecule has 0 saturated carbocycles. The first-order valence-electron chi connectivity index (χ1n) is 10.0. The van der Waals surface area contributed by atoms with Gasteiger partial charge in [-0.3, -0.25) is 13.9 Å². The largest absolute Gasteiger partial charge is 0.504 e. The highest BCUT2D eigenvalue weighted by atomic mass is 35.5. The van der Waals surface area contributed by atoms with Gasteiger partial charge >= 0.3 is 5.69 Å². The molecule has 3 heterocycles. The van der Waals surface area contributed by atoms with Gasteiger partial charge < -0.3 is 19.5 Å². The van der Waals surface area contributed by atoms with E-state index >= 15 is 0 Å². The van der Waals surface area contributed by atoms with Gasteiger partial charge in [-0.2, -0.15) is 0 Å². The fourth-order valence-corrected chi connectivity index (χ4v) is 4.57. The van der Waals surface area contributed by atoms with Crippen molar-refractivity contribution < 1.29 is 14.9 Å². The quantitative estimate of drug-likeness (QED) is 0.455. The molecule has 32 heavy (non-hydrogen) atoms. The number of aromatic hydroxyl groups is 2. The Hall–Kier alpha value is -3.49. The van der Waals surface area contributed by atoms with Crippen molar-refractivity contribution in [2.24, 2.45) is 14.1 Å². The molecule has 0 spiro atoms. The van der Waals surface area contributed by atoms with Crippen LogP contribution in [0.2, 0.25) is 5.02 Å². The Kier molecular flexibility index (Phi) is 4.65. The lowest BCUT2D eigenvalue weighted by molar-refractivity contribution is 0.0477. The third-order valence-electron chi connectivity index (χ3n) is 5.97. The number of ether oxygens (including phenoxy) is 1. The smallest absolute Gasteiger partial charge is 0.331 e. The summed E-state index contributed by atoms with van der Waals surface area (Å²) in [6.45, 7) is 0.828. The van der Waals surface area contributed by atoms with Gasteiger partial charge in [0.15, 0.2) is 11.5 Å². The lowest BCUT2D eigenvalue weighted by atomic mass is 10.0. The third-order valence-corrected chi connectivity index (χ3v) is 6.22. The van der Waals surface area contributed by atoms with E-state index in [9.17, 15) is 19.8 Å². The monoisotopic (exact) mass is 453 g/mol. The summed E-state index contributed by atoms with van der Waals surface area (Å²) in [6, 6.07) is 11.6. The topological polar surface area (TPSA) is 98.6 Å². The summed E-state index contributed by atoms with van der Waals surface area (Å²) in [6.07, 6.45) is -0.656. The second-order valence-corrected chi connectivity index (χ2v) is 8.26. The molecule has 1 aliphatic heterocycles.